The van der Waals surface area contributed by atoms with Crippen LogP contribution < -0.4 is 0 Å². The number of hydrogen-bond donors (Lipinski definition) is 0. The fourth-order valence-electron chi connectivity index (χ4n) is 5.96. The summed E-state index contributed by atoms with van der Waals surface area (Å²) in [5.74, 6) is 0. The summed E-state index contributed by atoms with van der Waals surface area (Å²) in [4.78, 5) is 13.6. The monoisotopic (exact) mass is 810 g/mol. The molecule has 0 saturated heterocycles. The van der Waals surface area contributed by atoms with E-state index in [-0.39, 0.29) is 20.1 Å². The molecule has 0 aliphatic heterocycles. The summed E-state index contributed by atoms with van der Waals surface area (Å²) in [5.41, 5.74) is 13.8. The molecule has 0 atom stereocenters. The summed E-state index contributed by atoms with van der Waals surface area (Å²) in [6.07, 6.45) is 14.6. The molecule has 7 aromatic rings. The van der Waals surface area contributed by atoms with Gasteiger partial charge >= 0.3 is 0 Å². The van der Waals surface area contributed by atoms with Crippen molar-refractivity contribution in [2.75, 3.05) is 0 Å². The summed E-state index contributed by atoms with van der Waals surface area (Å²) in [6.45, 7) is 0. The second kappa shape index (κ2) is 16.9. The second-order valence-electron chi connectivity index (χ2n) is 12.1. The fourth-order valence-corrected chi connectivity index (χ4v) is 5.96. The van der Waals surface area contributed by atoms with E-state index < -0.39 is 0 Å². The first-order chi connectivity index (χ1) is 23.7. The molecule has 243 valence electrons. The van der Waals surface area contributed by atoms with Crippen LogP contribution in [0.1, 0.15) is 33.4 Å². The first-order valence-corrected chi connectivity index (χ1v) is 16.5. The van der Waals surface area contributed by atoms with Crippen molar-refractivity contribution in [1.82, 2.24) is 15.0 Å². The zero-order valence-corrected chi connectivity index (χ0v) is 29.6. The summed E-state index contributed by atoms with van der Waals surface area (Å²) in [6, 6.07) is 52.1. The summed E-state index contributed by atoms with van der Waals surface area (Å²) < 4.78 is 0. The van der Waals surface area contributed by atoms with Crippen LogP contribution in [-0.4, -0.2) is 15.0 Å². The number of pyridine rings is 3. The van der Waals surface area contributed by atoms with E-state index in [4.69, 9.17) is 9.97 Å². The van der Waals surface area contributed by atoms with Gasteiger partial charge in [-0.25, -0.2) is 11.1 Å². The number of hydrogen-bond acceptors (Lipinski definition) is 3. The molecule has 4 heteroatoms. The standard InChI is InChI=1S/C45H35N3.Ir/c1-3-8-41(9-4-1)44-25-21-35(31-47-44)14-17-38-28-37(16-13-34-19-23-40(24-20-34)43-12-7-27-46-33-43)29-39(30-38)18-15-36-22-26-45(48-32-36)42-10-5-2-6-11-42;/h1-8,10,12,19-23,25-32H,13-18H2;/q-4;. The molecule has 7 rings (SSSR count). The van der Waals surface area contributed by atoms with E-state index in [1.54, 1.807) is 6.20 Å². The molecular formula is C45H35IrN3-4. The third-order valence-corrected chi connectivity index (χ3v) is 8.61. The van der Waals surface area contributed by atoms with Gasteiger partial charge < -0.3 is 15.0 Å². The molecule has 49 heavy (non-hydrogen) atoms. The van der Waals surface area contributed by atoms with Crippen molar-refractivity contribution in [2.24, 2.45) is 0 Å². The van der Waals surface area contributed by atoms with Gasteiger partial charge in [-0.2, -0.15) is 30.3 Å². The molecule has 0 bridgehead atoms. The summed E-state index contributed by atoms with van der Waals surface area (Å²) >= 11 is 0. The Morgan fingerprint density at radius 1 is 0.429 bits per heavy atom. The van der Waals surface area contributed by atoms with E-state index >= 15 is 0 Å². The van der Waals surface area contributed by atoms with Crippen molar-refractivity contribution >= 4 is 0 Å². The Labute approximate surface area is 303 Å². The quantitative estimate of drug-likeness (QED) is 0.116. The van der Waals surface area contributed by atoms with Crippen LogP contribution in [0, 0.1) is 24.4 Å². The van der Waals surface area contributed by atoms with Crippen molar-refractivity contribution < 1.29 is 20.1 Å². The normalized spacial score (nSPS) is 10.8. The first-order valence-electron chi connectivity index (χ1n) is 16.5. The minimum atomic E-state index is 0. The van der Waals surface area contributed by atoms with Gasteiger partial charge in [0.2, 0.25) is 0 Å². The van der Waals surface area contributed by atoms with Crippen LogP contribution in [0.3, 0.4) is 0 Å². The van der Waals surface area contributed by atoms with Crippen molar-refractivity contribution in [1.29, 1.82) is 0 Å². The molecule has 0 unspecified atom stereocenters. The molecule has 0 saturated carbocycles. The molecule has 3 aromatic heterocycles. The minimum absolute atomic E-state index is 0. The molecule has 0 aliphatic carbocycles. The topological polar surface area (TPSA) is 38.7 Å². The van der Waals surface area contributed by atoms with E-state index in [1.807, 2.05) is 73.1 Å². The summed E-state index contributed by atoms with van der Waals surface area (Å²) in [5, 5.41) is 0. The van der Waals surface area contributed by atoms with Crippen LogP contribution in [0.4, 0.5) is 0 Å². The Morgan fingerprint density at radius 2 is 0.939 bits per heavy atom. The molecule has 0 aliphatic rings. The minimum Gasteiger partial charge on any atom is -0.371 e. The van der Waals surface area contributed by atoms with Crippen molar-refractivity contribution in [3.8, 4) is 33.6 Å². The van der Waals surface area contributed by atoms with E-state index in [2.05, 4.69) is 90.0 Å². The van der Waals surface area contributed by atoms with Gasteiger partial charge in [0.25, 0.3) is 0 Å². The second-order valence-corrected chi connectivity index (χ2v) is 12.1. The maximum atomic E-state index is 4.73. The Balaban J connectivity index is 0.00000417. The van der Waals surface area contributed by atoms with Gasteiger partial charge in [-0.15, -0.1) is 83.4 Å². The zero-order valence-electron chi connectivity index (χ0n) is 27.2. The van der Waals surface area contributed by atoms with Gasteiger partial charge in [0.15, 0.2) is 0 Å². The number of nitrogens with zero attached hydrogens (tertiary/aromatic N) is 3. The van der Waals surface area contributed by atoms with Crippen LogP contribution in [0.25, 0.3) is 33.6 Å². The SMILES string of the molecule is [Ir].[c-]1ncccc1-c1[c-]cc(CCc2cc(CCc3ccc(-c4[c-]cccc4)nc3)cc(CCc3ccc(-c4[c-]cccc4)nc3)c2)cc1. The third-order valence-electron chi connectivity index (χ3n) is 8.61. The summed E-state index contributed by atoms with van der Waals surface area (Å²) in [7, 11) is 0. The van der Waals surface area contributed by atoms with E-state index in [9.17, 15) is 0 Å². The van der Waals surface area contributed by atoms with E-state index in [0.29, 0.717) is 0 Å². The van der Waals surface area contributed by atoms with Gasteiger partial charge in [0.05, 0.1) is 0 Å². The van der Waals surface area contributed by atoms with Crippen molar-refractivity contribution in [3.05, 3.63) is 198 Å². The smallest absolute Gasteiger partial charge is 0.0192 e. The Bertz CT molecular complexity index is 1770. The van der Waals surface area contributed by atoms with Gasteiger partial charge in [-0.1, -0.05) is 61.3 Å². The number of aromatic nitrogens is 3. The van der Waals surface area contributed by atoms with Crippen LogP contribution in [-0.2, 0) is 58.6 Å². The fraction of sp³-hybridized carbons (Fsp3) is 0.133. The molecule has 0 N–H and O–H groups in total. The maximum Gasteiger partial charge on any atom is 0.0192 e. The van der Waals surface area contributed by atoms with E-state index in [1.165, 1.54) is 33.4 Å². The largest absolute Gasteiger partial charge is 0.371 e. The number of rotatable bonds is 12. The molecule has 3 nitrogen and oxygen atoms in total. The van der Waals surface area contributed by atoms with Crippen LogP contribution in [0.15, 0.2) is 140 Å². The maximum absolute atomic E-state index is 4.73. The predicted molar refractivity (Wildman–Crippen MR) is 193 cm³/mol. The molecular weight excluding hydrogens is 775 g/mol. The zero-order chi connectivity index (χ0) is 32.4. The molecule has 0 spiro atoms. The van der Waals surface area contributed by atoms with Crippen molar-refractivity contribution in [3.63, 3.8) is 0 Å². The van der Waals surface area contributed by atoms with Crippen LogP contribution in [0.2, 0.25) is 0 Å². The number of aryl methyl sites for hydroxylation is 6. The van der Waals surface area contributed by atoms with Gasteiger partial charge in [0.1, 0.15) is 0 Å². The van der Waals surface area contributed by atoms with Crippen LogP contribution in [0.5, 0.6) is 0 Å². The predicted octanol–water partition coefficient (Wildman–Crippen LogP) is 9.43. The molecule has 0 amide bonds. The van der Waals surface area contributed by atoms with Gasteiger partial charge in [-0.3, -0.25) is 0 Å². The number of benzene rings is 4. The van der Waals surface area contributed by atoms with Crippen LogP contribution >= 0.6 is 0 Å². The average molecular weight is 810 g/mol. The molecule has 3 heterocycles. The van der Waals surface area contributed by atoms with Gasteiger partial charge in [-0.05, 0) is 71.3 Å². The molecule has 4 aromatic carbocycles. The van der Waals surface area contributed by atoms with Gasteiger partial charge in [0, 0.05) is 32.5 Å². The third kappa shape index (κ3) is 9.32. The molecule has 0 fully saturated rings. The Hall–Kier alpha value is -5.02. The average Bonchev–Trinajstić information content (AvgIpc) is 3.17. The first kappa shape index (κ1) is 33.9. The van der Waals surface area contributed by atoms with Crippen molar-refractivity contribution in [2.45, 2.75) is 38.5 Å². The molecule has 1 radical (unpaired) electrons. The Morgan fingerprint density at radius 3 is 1.37 bits per heavy atom. The Kier molecular flexibility index (Phi) is 11.7. The van der Waals surface area contributed by atoms with E-state index in [0.717, 1.165) is 72.2 Å².